The molecule has 0 aliphatic heterocycles. The van der Waals surface area contributed by atoms with E-state index in [4.69, 9.17) is 30.5 Å². The van der Waals surface area contributed by atoms with Crippen molar-refractivity contribution in [2.75, 3.05) is 58.7 Å². The standard InChI is InChI=1S/C17H35ClO4/c1-3-17(2)16-22-15-14-21-13-12-20-11-10-19-9-7-5-4-6-8-18/h17H,3-16H2,1-2H3. The molecule has 1 atom stereocenters. The first-order valence-corrected chi connectivity index (χ1v) is 9.21. The van der Waals surface area contributed by atoms with Crippen molar-refractivity contribution in [1.29, 1.82) is 0 Å². The lowest BCUT2D eigenvalue weighted by Crippen LogP contribution is -2.13. The van der Waals surface area contributed by atoms with E-state index < -0.39 is 0 Å². The maximum absolute atomic E-state index is 5.61. The van der Waals surface area contributed by atoms with Gasteiger partial charge < -0.3 is 18.9 Å². The Hall–Kier alpha value is 0.130. The summed E-state index contributed by atoms with van der Waals surface area (Å²) in [7, 11) is 0. The average Bonchev–Trinajstić information content (AvgIpc) is 2.54. The smallest absolute Gasteiger partial charge is 0.0701 e. The van der Waals surface area contributed by atoms with Crippen LogP contribution in [0.1, 0.15) is 46.0 Å². The highest BCUT2D eigenvalue weighted by molar-refractivity contribution is 6.17. The van der Waals surface area contributed by atoms with Crippen LogP contribution in [0.25, 0.3) is 0 Å². The normalized spacial score (nSPS) is 12.7. The first kappa shape index (κ1) is 22.1. The predicted molar refractivity (Wildman–Crippen MR) is 91.9 cm³/mol. The van der Waals surface area contributed by atoms with E-state index in [0.717, 1.165) is 38.4 Å². The lowest BCUT2D eigenvalue weighted by Gasteiger charge is -2.10. The molecule has 0 aromatic rings. The van der Waals surface area contributed by atoms with Crippen molar-refractivity contribution in [2.24, 2.45) is 5.92 Å². The second-order valence-electron chi connectivity index (χ2n) is 5.53. The summed E-state index contributed by atoms with van der Waals surface area (Å²) >= 11 is 5.61. The summed E-state index contributed by atoms with van der Waals surface area (Å²) in [5, 5.41) is 0. The van der Waals surface area contributed by atoms with E-state index in [-0.39, 0.29) is 0 Å². The molecule has 0 bridgehead atoms. The second-order valence-corrected chi connectivity index (χ2v) is 5.91. The molecule has 0 spiro atoms. The number of ether oxygens (including phenoxy) is 4. The molecule has 0 aromatic heterocycles. The summed E-state index contributed by atoms with van der Waals surface area (Å²) in [6.07, 6.45) is 5.76. The van der Waals surface area contributed by atoms with Gasteiger partial charge in [-0.1, -0.05) is 33.1 Å². The molecule has 5 heteroatoms. The van der Waals surface area contributed by atoms with Crippen molar-refractivity contribution in [2.45, 2.75) is 46.0 Å². The molecule has 0 aliphatic rings. The highest BCUT2D eigenvalue weighted by Crippen LogP contribution is 2.01. The molecule has 22 heavy (non-hydrogen) atoms. The number of alkyl halides is 1. The monoisotopic (exact) mass is 338 g/mol. The van der Waals surface area contributed by atoms with E-state index in [2.05, 4.69) is 13.8 Å². The Morgan fingerprint density at radius 1 is 0.682 bits per heavy atom. The summed E-state index contributed by atoms with van der Waals surface area (Å²) < 4.78 is 21.9. The first-order chi connectivity index (χ1) is 10.8. The Bertz CT molecular complexity index is 205. The molecule has 0 N–H and O–H groups in total. The fourth-order valence-electron chi connectivity index (χ4n) is 1.71. The Labute approximate surface area is 141 Å². The van der Waals surface area contributed by atoms with Crippen LogP contribution in [-0.2, 0) is 18.9 Å². The second kappa shape index (κ2) is 19.2. The molecular weight excluding hydrogens is 304 g/mol. The number of unbranched alkanes of at least 4 members (excludes halogenated alkanes) is 3. The van der Waals surface area contributed by atoms with Crippen LogP contribution < -0.4 is 0 Å². The maximum atomic E-state index is 5.61. The third kappa shape index (κ3) is 18.2. The summed E-state index contributed by atoms with van der Waals surface area (Å²) in [5.41, 5.74) is 0. The van der Waals surface area contributed by atoms with Gasteiger partial charge in [0.2, 0.25) is 0 Å². The van der Waals surface area contributed by atoms with Gasteiger partial charge in [0.1, 0.15) is 0 Å². The zero-order valence-corrected chi connectivity index (χ0v) is 15.2. The minimum absolute atomic E-state index is 0.616. The van der Waals surface area contributed by atoms with Gasteiger partial charge in [0.05, 0.1) is 39.6 Å². The molecule has 0 aliphatic carbocycles. The average molecular weight is 339 g/mol. The Morgan fingerprint density at radius 3 is 1.73 bits per heavy atom. The van der Waals surface area contributed by atoms with Gasteiger partial charge in [-0.2, -0.15) is 0 Å². The fourth-order valence-corrected chi connectivity index (χ4v) is 1.90. The molecule has 1 unspecified atom stereocenters. The summed E-state index contributed by atoms with van der Waals surface area (Å²) in [4.78, 5) is 0. The highest BCUT2D eigenvalue weighted by Gasteiger charge is 1.98. The third-order valence-corrected chi connectivity index (χ3v) is 3.65. The molecule has 0 saturated carbocycles. The molecule has 0 fully saturated rings. The SMILES string of the molecule is CCC(C)COCCOCCOCCOCCCCCCCl. The van der Waals surface area contributed by atoms with Crippen LogP contribution in [0.4, 0.5) is 0 Å². The number of halogens is 1. The molecule has 0 rings (SSSR count). The first-order valence-electron chi connectivity index (χ1n) is 8.68. The number of rotatable bonds is 18. The van der Waals surface area contributed by atoms with Crippen LogP contribution in [0.15, 0.2) is 0 Å². The fraction of sp³-hybridized carbons (Fsp3) is 1.00. The number of hydrogen-bond donors (Lipinski definition) is 0. The topological polar surface area (TPSA) is 36.9 Å². The van der Waals surface area contributed by atoms with E-state index in [1.165, 1.54) is 12.8 Å². The van der Waals surface area contributed by atoms with E-state index in [0.29, 0.717) is 45.6 Å². The Morgan fingerprint density at radius 2 is 1.18 bits per heavy atom. The van der Waals surface area contributed by atoms with Crippen molar-refractivity contribution in [3.63, 3.8) is 0 Å². The third-order valence-electron chi connectivity index (χ3n) is 3.39. The van der Waals surface area contributed by atoms with Crippen molar-refractivity contribution >= 4 is 11.6 Å². The minimum atomic E-state index is 0.616. The summed E-state index contributed by atoms with van der Waals surface area (Å²) in [6, 6.07) is 0. The van der Waals surface area contributed by atoms with Crippen molar-refractivity contribution in [1.82, 2.24) is 0 Å². The van der Waals surface area contributed by atoms with Crippen molar-refractivity contribution in [3.8, 4) is 0 Å². The molecule has 0 heterocycles. The van der Waals surface area contributed by atoms with Gasteiger partial charge in [-0.05, 0) is 18.8 Å². The zero-order valence-electron chi connectivity index (χ0n) is 14.5. The van der Waals surface area contributed by atoms with Crippen LogP contribution in [0.5, 0.6) is 0 Å². The lowest BCUT2D eigenvalue weighted by molar-refractivity contribution is -0.00562. The van der Waals surface area contributed by atoms with Crippen LogP contribution in [0, 0.1) is 5.92 Å². The van der Waals surface area contributed by atoms with E-state index in [1.807, 2.05) is 0 Å². The van der Waals surface area contributed by atoms with Gasteiger partial charge in [0.25, 0.3) is 0 Å². The molecule has 134 valence electrons. The largest absolute Gasteiger partial charge is 0.379 e. The van der Waals surface area contributed by atoms with Gasteiger partial charge >= 0.3 is 0 Å². The lowest BCUT2D eigenvalue weighted by atomic mass is 10.1. The highest BCUT2D eigenvalue weighted by atomic mass is 35.5. The molecule has 4 nitrogen and oxygen atoms in total. The molecule has 0 radical (unpaired) electrons. The van der Waals surface area contributed by atoms with Crippen molar-refractivity contribution in [3.05, 3.63) is 0 Å². The van der Waals surface area contributed by atoms with Gasteiger partial charge in [0, 0.05) is 19.1 Å². The van der Waals surface area contributed by atoms with E-state index in [9.17, 15) is 0 Å². The Kier molecular flexibility index (Phi) is 19.3. The molecule has 0 amide bonds. The minimum Gasteiger partial charge on any atom is -0.379 e. The quantitative estimate of drug-likeness (QED) is 0.280. The van der Waals surface area contributed by atoms with Crippen LogP contribution >= 0.6 is 11.6 Å². The Balaban J connectivity index is 2.97. The van der Waals surface area contributed by atoms with Gasteiger partial charge in [-0.3, -0.25) is 0 Å². The molecule has 0 saturated heterocycles. The summed E-state index contributed by atoms with van der Waals surface area (Å²) in [5.74, 6) is 1.39. The van der Waals surface area contributed by atoms with Crippen LogP contribution in [0.3, 0.4) is 0 Å². The molecular formula is C17H35ClO4. The number of hydrogen-bond acceptors (Lipinski definition) is 4. The summed E-state index contributed by atoms with van der Waals surface area (Å²) in [6.45, 7) is 9.83. The van der Waals surface area contributed by atoms with E-state index in [1.54, 1.807) is 0 Å². The van der Waals surface area contributed by atoms with Crippen LogP contribution in [-0.4, -0.2) is 58.7 Å². The van der Waals surface area contributed by atoms with E-state index >= 15 is 0 Å². The molecule has 0 aromatic carbocycles. The zero-order chi connectivity index (χ0) is 16.3. The van der Waals surface area contributed by atoms with Crippen molar-refractivity contribution < 1.29 is 18.9 Å². The van der Waals surface area contributed by atoms with Gasteiger partial charge in [-0.15, -0.1) is 11.6 Å². The van der Waals surface area contributed by atoms with Gasteiger partial charge in [-0.25, -0.2) is 0 Å². The van der Waals surface area contributed by atoms with Gasteiger partial charge in [0.15, 0.2) is 0 Å². The van der Waals surface area contributed by atoms with Crippen LogP contribution in [0.2, 0.25) is 0 Å². The predicted octanol–water partition coefficient (Wildman–Crippen LogP) is 3.90. The maximum Gasteiger partial charge on any atom is 0.0701 e.